The number of carbonyl (C=O) groups excluding carboxylic acids is 1. The summed E-state index contributed by atoms with van der Waals surface area (Å²) < 4.78 is 0. The number of rotatable bonds is 7. The third kappa shape index (κ3) is 5.01. The van der Waals surface area contributed by atoms with Crippen LogP contribution < -0.4 is 11.1 Å². The van der Waals surface area contributed by atoms with E-state index in [1.807, 2.05) is 30.3 Å². The zero-order valence-corrected chi connectivity index (χ0v) is 11.7. The molecule has 0 spiro atoms. The Kier molecular flexibility index (Phi) is 6.53. The standard InChI is InChI=1S/C15H24N2O2/c1-11(2)8-13(9-16)15(19)17-14(10-18)12-6-4-3-5-7-12/h3-7,11,13-14,18H,8-10,16H2,1-2H3,(H,17,19). The number of benzene rings is 1. The van der Waals surface area contributed by atoms with E-state index in [-0.39, 0.29) is 24.5 Å². The zero-order valence-electron chi connectivity index (χ0n) is 11.7. The van der Waals surface area contributed by atoms with E-state index in [2.05, 4.69) is 19.2 Å². The molecule has 0 fully saturated rings. The van der Waals surface area contributed by atoms with Crippen molar-refractivity contribution in [1.82, 2.24) is 5.32 Å². The van der Waals surface area contributed by atoms with Gasteiger partial charge in [0.1, 0.15) is 0 Å². The van der Waals surface area contributed by atoms with Gasteiger partial charge in [0.05, 0.1) is 18.6 Å². The summed E-state index contributed by atoms with van der Waals surface area (Å²) in [6.07, 6.45) is 0.759. The normalized spacial score (nSPS) is 14.2. The highest BCUT2D eigenvalue weighted by Gasteiger charge is 2.21. The second kappa shape index (κ2) is 7.92. The van der Waals surface area contributed by atoms with Crippen LogP contribution in [0, 0.1) is 11.8 Å². The molecule has 0 saturated heterocycles. The van der Waals surface area contributed by atoms with Gasteiger partial charge in [-0.05, 0) is 17.9 Å². The molecule has 0 radical (unpaired) electrons. The third-order valence-corrected chi connectivity index (χ3v) is 3.11. The summed E-state index contributed by atoms with van der Waals surface area (Å²) in [6.45, 7) is 4.35. The molecule has 4 heteroatoms. The average Bonchev–Trinajstić information content (AvgIpc) is 2.42. The highest BCUT2D eigenvalue weighted by Crippen LogP contribution is 2.15. The fourth-order valence-electron chi connectivity index (χ4n) is 2.09. The third-order valence-electron chi connectivity index (χ3n) is 3.11. The fraction of sp³-hybridized carbons (Fsp3) is 0.533. The molecule has 0 aliphatic carbocycles. The molecule has 106 valence electrons. The van der Waals surface area contributed by atoms with Gasteiger partial charge in [0.25, 0.3) is 0 Å². The summed E-state index contributed by atoms with van der Waals surface area (Å²) in [5, 5.41) is 12.3. The number of hydrogen-bond donors (Lipinski definition) is 3. The molecule has 0 aliphatic heterocycles. The fourth-order valence-corrected chi connectivity index (χ4v) is 2.09. The maximum atomic E-state index is 12.2. The molecule has 4 N–H and O–H groups in total. The predicted octanol–water partition coefficient (Wildman–Crippen LogP) is 1.46. The Hall–Kier alpha value is -1.39. The van der Waals surface area contributed by atoms with Crippen molar-refractivity contribution in [3.05, 3.63) is 35.9 Å². The van der Waals surface area contributed by atoms with Crippen molar-refractivity contribution in [2.75, 3.05) is 13.2 Å². The molecule has 0 heterocycles. The van der Waals surface area contributed by atoms with Crippen LogP contribution in [0.3, 0.4) is 0 Å². The van der Waals surface area contributed by atoms with Crippen molar-refractivity contribution in [2.24, 2.45) is 17.6 Å². The number of aliphatic hydroxyl groups is 1. The first-order valence-electron chi connectivity index (χ1n) is 6.74. The van der Waals surface area contributed by atoms with Crippen molar-refractivity contribution in [3.63, 3.8) is 0 Å². The average molecular weight is 264 g/mol. The summed E-state index contributed by atoms with van der Waals surface area (Å²) in [5.41, 5.74) is 6.56. The Labute approximate surface area is 115 Å². The highest BCUT2D eigenvalue weighted by atomic mass is 16.3. The van der Waals surface area contributed by atoms with Crippen LogP contribution in [0.2, 0.25) is 0 Å². The molecule has 0 aliphatic rings. The van der Waals surface area contributed by atoms with Gasteiger partial charge in [-0.15, -0.1) is 0 Å². The second-order valence-electron chi connectivity index (χ2n) is 5.22. The van der Waals surface area contributed by atoms with Crippen molar-refractivity contribution < 1.29 is 9.90 Å². The lowest BCUT2D eigenvalue weighted by Crippen LogP contribution is -2.39. The lowest BCUT2D eigenvalue weighted by Gasteiger charge is -2.22. The van der Waals surface area contributed by atoms with Crippen LogP contribution in [0.1, 0.15) is 31.9 Å². The molecule has 2 atom stereocenters. The molecule has 1 aromatic rings. The monoisotopic (exact) mass is 264 g/mol. The number of carbonyl (C=O) groups is 1. The van der Waals surface area contributed by atoms with Gasteiger partial charge < -0.3 is 16.2 Å². The molecule has 2 unspecified atom stereocenters. The van der Waals surface area contributed by atoms with E-state index >= 15 is 0 Å². The van der Waals surface area contributed by atoms with Gasteiger partial charge in [-0.3, -0.25) is 4.79 Å². The van der Waals surface area contributed by atoms with E-state index < -0.39 is 0 Å². The zero-order chi connectivity index (χ0) is 14.3. The topological polar surface area (TPSA) is 75.4 Å². The smallest absolute Gasteiger partial charge is 0.224 e. The Morgan fingerprint density at radius 1 is 1.32 bits per heavy atom. The second-order valence-corrected chi connectivity index (χ2v) is 5.22. The van der Waals surface area contributed by atoms with Gasteiger partial charge in [-0.25, -0.2) is 0 Å². The number of aliphatic hydroxyl groups excluding tert-OH is 1. The van der Waals surface area contributed by atoms with E-state index in [1.54, 1.807) is 0 Å². The number of nitrogens with two attached hydrogens (primary N) is 1. The summed E-state index contributed by atoms with van der Waals surface area (Å²) in [5.74, 6) is 0.139. The van der Waals surface area contributed by atoms with E-state index in [9.17, 15) is 9.90 Å². The van der Waals surface area contributed by atoms with Crippen LogP contribution in [0.4, 0.5) is 0 Å². The van der Waals surface area contributed by atoms with Crippen LogP contribution in [0.15, 0.2) is 30.3 Å². The molecular weight excluding hydrogens is 240 g/mol. The maximum Gasteiger partial charge on any atom is 0.224 e. The lowest BCUT2D eigenvalue weighted by atomic mass is 9.95. The van der Waals surface area contributed by atoms with Gasteiger partial charge in [0, 0.05) is 6.54 Å². The first-order chi connectivity index (χ1) is 9.08. The molecule has 1 rings (SSSR count). The SMILES string of the molecule is CC(C)CC(CN)C(=O)NC(CO)c1ccccc1. The van der Waals surface area contributed by atoms with Gasteiger partial charge in [0.2, 0.25) is 5.91 Å². The predicted molar refractivity (Wildman–Crippen MR) is 76.4 cm³/mol. The van der Waals surface area contributed by atoms with Crippen molar-refractivity contribution in [1.29, 1.82) is 0 Å². The molecule has 4 nitrogen and oxygen atoms in total. The first-order valence-corrected chi connectivity index (χ1v) is 6.74. The van der Waals surface area contributed by atoms with Crippen molar-refractivity contribution >= 4 is 5.91 Å². The van der Waals surface area contributed by atoms with E-state index in [1.165, 1.54) is 0 Å². The Morgan fingerprint density at radius 2 is 1.95 bits per heavy atom. The minimum Gasteiger partial charge on any atom is -0.394 e. The van der Waals surface area contributed by atoms with Crippen LogP contribution in [-0.2, 0) is 4.79 Å². The molecule has 1 aromatic carbocycles. The summed E-state index contributed by atoms with van der Waals surface area (Å²) in [6, 6.07) is 9.09. The molecule has 0 bridgehead atoms. The van der Waals surface area contributed by atoms with E-state index in [4.69, 9.17) is 5.73 Å². The Balaban J connectivity index is 2.67. The van der Waals surface area contributed by atoms with E-state index in [0.717, 1.165) is 12.0 Å². The maximum absolute atomic E-state index is 12.2. The summed E-state index contributed by atoms with van der Waals surface area (Å²) in [7, 11) is 0. The number of nitrogens with one attached hydrogen (secondary N) is 1. The van der Waals surface area contributed by atoms with Crippen LogP contribution in [0.25, 0.3) is 0 Å². The Morgan fingerprint density at radius 3 is 2.42 bits per heavy atom. The van der Waals surface area contributed by atoms with Crippen molar-refractivity contribution in [3.8, 4) is 0 Å². The number of hydrogen-bond acceptors (Lipinski definition) is 3. The van der Waals surface area contributed by atoms with Gasteiger partial charge in [-0.1, -0.05) is 44.2 Å². The van der Waals surface area contributed by atoms with Gasteiger partial charge in [0.15, 0.2) is 0 Å². The van der Waals surface area contributed by atoms with Gasteiger partial charge in [-0.2, -0.15) is 0 Å². The molecule has 19 heavy (non-hydrogen) atoms. The molecular formula is C15H24N2O2. The van der Waals surface area contributed by atoms with Crippen LogP contribution >= 0.6 is 0 Å². The largest absolute Gasteiger partial charge is 0.394 e. The summed E-state index contributed by atoms with van der Waals surface area (Å²) in [4.78, 5) is 12.2. The molecule has 0 saturated carbocycles. The van der Waals surface area contributed by atoms with Crippen LogP contribution in [0.5, 0.6) is 0 Å². The van der Waals surface area contributed by atoms with Gasteiger partial charge >= 0.3 is 0 Å². The minimum absolute atomic E-state index is 0.0842. The van der Waals surface area contributed by atoms with E-state index in [0.29, 0.717) is 12.5 Å². The first kappa shape index (κ1) is 15.7. The lowest BCUT2D eigenvalue weighted by molar-refractivity contribution is -0.126. The number of amides is 1. The molecule has 0 aromatic heterocycles. The quantitative estimate of drug-likeness (QED) is 0.698. The summed E-state index contributed by atoms with van der Waals surface area (Å²) >= 11 is 0. The minimum atomic E-state index is -0.366. The molecule has 1 amide bonds. The highest BCUT2D eigenvalue weighted by molar-refractivity contribution is 5.79. The Bertz CT molecular complexity index is 379. The van der Waals surface area contributed by atoms with Crippen molar-refractivity contribution in [2.45, 2.75) is 26.3 Å². The van der Waals surface area contributed by atoms with Crippen LogP contribution in [-0.4, -0.2) is 24.2 Å².